The lowest BCUT2D eigenvalue weighted by Crippen LogP contribution is -2.15. The normalized spacial score (nSPS) is 14.7. The number of rotatable bonds is 7. The van der Waals surface area contributed by atoms with Crippen molar-refractivity contribution in [3.8, 4) is 22.9 Å². The minimum Gasteiger partial charge on any atom is -0.490 e. The molecule has 35 heavy (non-hydrogen) atoms. The van der Waals surface area contributed by atoms with Crippen LogP contribution in [0.2, 0.25) is 0 Å². The number of fused-ring (bicyclic) bond motifs is 2. The van der Waals surface area contributed by atoms with Crippen molar-refractivity contribution in [3.05, 3.63) is 77.0 Å². The van der Waals surface area contributed by atoms with Gasteiger partial charge in [-0.2, -0.15) is 5.26 Å². The Hall–Kier alpha value is -3.96. The fourth-order valence-corrected chi connectivity index (χ4v) is 4.49. The number of benzene rings is 2. The summed E-state index contributed by atoms with van der Waals surface area (Å²) in [5, 5.41) is 12.7. The standard InChI is InChI=1S/C27H27FN6O/c1-17-11-21-23(24(28)7-8-25(21)35-17)15-31-27-30-14-22(26-32-20(13-29)16-34(26)27)19-6-4-5-18(12-19)9-10-33(2)3/h4-8,12,14,16-17H,9-11,15H2,1-3H3,(H,30,31). The van der Waals surface area contributed by atoms with Crippen molar-refractivity contribution in [2.24, 2.45) is 0 Å². The van der Waals surface area contributed by atoms with Crippen molar-refractivity contribution < 1.29 is 9.13 Å². The summed E-state index contributed by atoms with van der Waals surface area (Å²) in [4.78, 5) is 11.3. The van der Waals surface area contributed by atoms with E-state index in [9.17, 15) is 9.65 Å². The van der Waals surface area contributed by atoms with Crippen LogP contribution in [-0.2, 0) is 19.4 Å². The zero-order valence-electron chi connectivity index (χ0n) is 20.0. The molecule has 3 heterocycles. The molecule has 2 aromatic heterocycles. The molecule has 0 amide bonds. The van der Waals surface area contributed by atoms with Gasteiger partial charge in [0.15, 0.2) is 11.3 Å². The number of hydrogen-bond donors (Lipinski definition) is 1. The predicted molar refractivity (Wildman–Crippen MR) is 133 cm³/mol. The van der Waals surface area contributed by atoms with Gasteiger partial charge in [0.1, 0.15) is 23.7 Å². The zero-order valence-corrected chi connectivity index (χ0v) is 20.0. The lowest BCUT2D eigenvalue weighted by molar-refractivity contribution is 0.254. The van der Waals surface area contributed by atoms with Gasteiger partial charge in [-0.1, -0.05) is 24.3 Å². The van der Waals surface area contributed by atoms with Crippen molar-refractivity contribution in [3.63, 3.8) is 0 Å². The number of imidazole rings is 1. The molecule has 1 aliphatic heterocycles. The first-order valence-corrected chi connectivity index (χ1v) is 11.7. The third kappa shape index (κ3) is 4.55. The van der Waals surface area contributed by atoms with Crippen LogP contribution in [-0.4, -0.2) is 46.0 Å². The van der Waals surface area contributed by atoms with E-state index in [-0.39, 0.29) is 18.5 Å². The van der Waals surface area contributed by atoms with Crippen LogP contribution < -0.4 is 10.1 Å². The van der Waals surface area contributed by atoms with Gasteiger partial charge in [0.05, 0.1) is 6.20 Å². The third-order valence-electron chi connectivity index (χ3n) is 6.27. The molecule has 1 N–H and O–H groups in total. The Morgan fingerprint density at radius 2 is 2.14 bits per heavy atom. The van der Waals surface area contributed by atoms with Crippen LogP contribution in [0.3, 0.4) is 0 Å². The average Bonchev–Trinajstić information content (AvgIpc) is 3.45. The van der Waals surface area contributed by atoms with Crippen LogP contribution in [0, 0.1) is 17.1 Å². The Bertz CT molecular complexity index is 1440. The fraction of sp³-hybridized carbons (Fsp3) is 0.296. The van der Waals surface area contributed by atoms with Gasteiger partial charge >= 0.3 is 0 Å². The first kappa shape index (κ1) is 22.8. The van der Waals surface area contributed by atoms with Gasteiger partial charge in [-0.25, -0.2) is 14.4 Å². The second kappa shape index (κ2) is 9.35. The van der Waals surface area contributed by atoms with Crippen LogP contribution >= 0.6 is 0 Å². The highest BCUT2D eigenvalue weighted by atomic mass is 19.1. The summed E-state index contributed by atoms with van der Waals surface area (Å²) in [7, 11) is 4.11. The van der Waals surface area contributed by atoms with Crippen LogP contribution in [0.25, 0.3) is 16.8 Å². The average molecular weight is 471 g/mol. The smallest absolute Gasteiger partial charge is 0.208 e. The SMILES string of the molecule is CC1Cc2c(ccc(F)c2CNc2ncc(-c3cccc(CCN(C)C)c3)c3nc(C#N)cn23)O1. The van der Waals surface area contributed by atoms with E-state index in [0.717, 1.165) is 35.4 Å². The third-order valence-corrected chi connectivity index (χ3v) is 6.27. The molecule has 5 rings (SSSR count). The van der Waals surface area contributed by atoms with Crippen molar-refractivity contribution >= 4 is 11.6 Å². The summed E-state index contributed by atoms with van der Waals surface area (Å²) in [6, 6.07) is 13.5. The van der Waals surface area contributed by atoms with E-state index in [1.54, 1.807) is 22.9 Å². The first-order chi connectivity index (χ1) is 16.9. The largest absolute Gasteiger partial charge is 0.490 e. The number of nitrogens with one attached hydrogen (secondary N) is 1. The summed E-state index contributed by atoms with van der Waals surface area (Å²) in [5.41, 5.74) is 5.40. The van der Waals surface area contributed by atoms with Crippen molar-refractivity contribution in [2.45, 2.75) is 32.4 Å². The van der Waals surface area contributed by atoms with E-state index in [0.29, 0.717) is 29.3 Å². The number of nitrogens with zero attached hydrogens (tertiary/aromatic N) is 5. The molecule has 4 aromatic rings. The van der Waals surface area contributed by atoms with E-state index in [1.807, 2.05) is 19.1 Å². The Labute approximate surface area is 203 Å². The first-order valence-electron chi connectivity index (χ1n) is 11.7. The fourth-order valence-electron chi connectivity index (χ4n) is 4.49. The molecule has 1 atom stereocenters. The Morgan fingerprint density at radius 3 is 2.94 bits per heavy atom. The minimum absolute atomic E-state index is 0.0231. The molecule has 0 fully saturated rings. The van der Waals surface area contributed by atoms with Crippen molar-refractivity contribution in [1.82, 2.24) is 19.3 Å². The van der Waals surface area contributed by atoms with Crippen molar-refractivity contribution in [2.75, 3.05) is 26.0 Å². The van der Waals surface area contributed by atoms with E-state index in [2.05, 4.69) is 52.5 Å². The number of hydrogen-bond acceptors (Lipinski definition) is 6. The summed E-state index contributed by atoms with van der Waals surface area (Å²) in [5.74, 6) is 0.942. The Balaban J connectivity index is 1.48. The molecular weight excluding hydrogens is 443 g/mol. The molecule has 178 valence electrons. The highest BCUT2D eigenvalue weighted by molar-refractivity contribution is 5.78. The number of aromatic nitrogens is 3. The highest BCUT2D eigenvalue weighted by Gasteiger charge is 2.24. The zero-order chi connectivity index (χ0) is 24.5. The predicted octanol–water partition coefficient (Wildman–Crippen LogP) is 4.45. The Kier molecular flexibility index (Phi) is 6.10. The maximum Gasteiger partial charge on any atom is 0.208 e. The summed E-state index contributed by atoms with van der Waals surface area (Å²) < 4.78 is 22.2. The van der Waals surface area contributed by atoms with Gasteiger partial charge < -0.3 is 15.0 Å². The van der Waals surface area contributed by atoms with E-state index >= 15 is 0 Å². The van der Waals surface area contributed by atoms with Crippen LogP contribution in [0.15, 0.2) is 48.8 Å². The molecule has 1 unspecified atom stereocenters. The second-order valence-corrected chi connectivity index (χ2v) is 9.17. The number of halogens is 1. The summed E-state index contributed by atoms with van der Waals surface area (Å²) in [6.45, 7) is 3.17. The molecule has 0 aliphatic carbocycles. The second-order valence-electron chi connectivity index (χ2n) is 9.17. The van der Waals surface area contributed by atoms with Gasteiger partial charge in [0.2, 0.25) is 5.95 Å². The molecule has 0 radical (unpaired) electrons. The molecule has 0 saturated heterocycles. The van der Waals surface area contributed by atoms with Gasteiger partial charge in [-0.3, -0.25) is 4.40 Å². The van der Waals surface area contributed by atoms with Crippen LogP contribution in [0.5, 0.6) is 5.75 Å². The van der Waals surface area contributed by atoms with Crippen LogP contribution in [0.1, 0.15) is 29.3 Å². The number of ether oxygens (including phenoxy) is 1. The lowest BCUT2D eigenvalue weighted by atomic mass is 10.0. The Morgan fingerprint density at radius 1 is 1.29 bits per heavy atom. The number of nitriles is 1. The molecular formula is C27H27FN6O. The van der Waals surface area contributed by atoms with E-state index < -0.39 is 0 Å². The maximum absolute atomic E-state index is 14.7. The molecule has 8 heteroatoms. The minimum atomic E-state index is -0.278. The van der Waals surface area contributed by atoms with Crippen molar-refractivity contribution in [1.29, 1.82) is 5.26 Å². The quantitative estimate of drug-likeness (QED) is 0.430. The molecule has 7 nitrogen and oxygen atoms in total. The highest BCUT2D eigenvalue weighted by Crippen LogP contribution is 2.34. The summed E-state index contributed by atoms with van der Waals surface area (Å²) in [6.07, 6.45) is 5.03. The molecule has 2 aromatic carbocycles. The molecule has 0 saturated carbocycles. The van der Waals surface area contributed by atoms with E-state index in [4.69, 9.17) is 4.74 Å². The van der Waals surface area contributed by atoms with Gasteiger partial charge in [0, 0.05) is 42.4 Å². The van der Waals surface area contributed by atoms with Gasteiger partial charge in [-0.05, 0) is 50.7 Å². The molecule has 1 aliphatic rings. The monoisotopic (exact) mass is 470 g/mol. The molecule has 0 spiro atoms. The topological polar surface area (TPSA) is 78.5 Å². The maximum atomic E-state index is 14.7. The van der Waals surface area contributed by atoms with E-state index in [1.165, 1.54) is 11.6 Å². The van der Waals surface area contributed by atoms with Gasteiger partial charge in [0.25, 0.3) is 0 Å². The summed E-state index contributed by atoms with van der Waals surface area (Å²) >= 11 is 0. The van der Waals surface area contributed by atoms with Crippen LogP contribution in [0.4, 0.5) is 10.3 Å². The number of anilines is 1. The van der Waals surface area contributed by atoms with Gasteiger partial charge in [-0.15, -0.1) is 0 Å². The lowest BCUT2D eigenvalue weighted by Gasteiger charge is -2.13. The number of likely N-dealkylation sites (N-methyl/N-ethyl adjacent to an activating group) is 1. The molecule has 0 bridgehead atoms.